The van der Waals surface area contributed by atoms with Crippen LogP contribution in [0.2, 0.25) is 0 Å². The van der Waals surface area contributed by atoms with Gasteiger partial charge in [0.25, 0.3) is 0 Å². The number of aryl methyl sites for hydroxylation is 1. The van der Waals surface area contributed by atoms with Crippen molar-refractivity contribution in [1.82, 2.24) is 9.97 Å². The number of hydrogen-bond donors (Lipinski definition) is 1. The van der Waals surface area contributed by atoms with E-state index in [9.17, 15) is 0 Å². The van der Waals surface area contributed by atoms with Gasteiger partial charge in [0.1, 0.15) is 5.03 Å². The molecule has 5 heteroatoms. The fraction of sp³-hybridized carbons (Fsp3) is 0.273. The number of nitrogens with two attached hydrogens (primary N) is 1. The van der Waals surface area contributed by atoms with Gasteiger partial charge in [0.05, 0.1) is 0 Å². The highest BCUT2D eigenvalue weighted by atomic mass is 32.2. The van der Waals surface area contributed by atoms with Crippen LogP contribution in [0.25, 0.3) is 0 Å². The summed E-state index contributed by atoms with van der Waals surface area (Å²) in [4.78, 5) is 8.69. The Morgan fingerprint density at radius 1 is 1.50 bits per heavy atom. The van der Waals surface area contributed by atoms with Crippen LogP contribution in [0.3, 0.4) is 0 Å². The Kier molecular flexibility index (Phi) is 3.58. The maximum absolute atomic E-state index is 5.83. The quantitative estimate of drug-likeness (QED) is 0.911. The van der Waals surface area contributed by atoms with E-state index in [1.54, 1.807) is 29.3 Å². The highest BCUT2D eigenvalue weighted by Gasteiger charge is 2.05. The minimum atomic E-state index is 0.0420. The number of nitrogens with zero attached hydrogens (tertiary/aromatic N) is 2. The molecule has 2 aromatic heterocycles. The number of rotatable bonds is 3. The van der Waals surface area contributed by atoms with Crippen molar-refractivity contribution in [2.24, 2.45) is 5.73 Å². The molecule has 0 unspecified atom stereocenters. The van der Waals surface area contributed by atoms with E-state index in [1.165, 1.54) is 0 Å². The highest BCUT2D eigenvalue weighted by molar-refractivity contribution is 8.01. The van der Waals surface area contributed by atoms with Crippen LogP contribution in [0.15, 0.2) is 33.1 Å². The fourth-order valence-electron chi connectivity index (χ4n) is 1.23. The zero-order valence-corrected chi connectivity index (χ0v) is 10.8. The van der Waals surface area contributed by atoms with Crippen molar-refractivity contribution in [2.75, 3.05) is 0 Å². The smallest absolute Gasteiger partial charge is 0.156 e. The molecule has 1 atom stereocenters. The second kappa shape index (κ2) is 4.95. The summed E-state index contributed by atoms with van der Waals surface area (Å²) in [5.74, 6) is 0. The first-order valence-corrected chi connectivity index (χ1v) is 6.66. The van der Waals surface area contributed by atoms with Crippen molar-refractivity contribution >= 4 is 23.1 Å². The number of thiazole rings is 1. The van der Waals surface area contributed by atoms with E-state index in [4.69, 9.17) is 5.73 Å². The van der Waals surface area contributed by atoms with Crippen molar-refractivity contribution in [3.05, 3.63) is 35.0 Å². The topological polar surface area (TPSA) is 51.8 Å². The molecule has 0 aromatic carbocycles. The van der Waals surface area contributed by atoms with Crippen LogP contribution in [0, 0.1) is 6.92 Å². The average molecular weight is 251 g/mol. The normalized spacial score (nSPS) is 12.7. The molecule has 0 spiro atoms. The number of pyridine rings is 1. The van der Waals surface area contributed by atoms with Crippen molar-refractivity contribution in [3.63, 3.8) is 0 Å². The van der Waals surface area contributed by atoms with E-state index in [-0.39, 0.29) is 6.04 Å². The molecule has 0 aliphatic rings. The van der Waals surface area contributed by atoms with Gasteiger partial charge in [-0.2, -0.15) is 0 Å². The van der Waals surface area contributed by atoms with Crippen LogP contribution < -0.4 is 5.73 Å². The van der Waals surface area contributed by atoms with Crippen LogP contribution in [0.4, 0.5) is 0 Å². The summed E-state index contributed by atoms with van der Waals surface area (Å²) in [5, 5.41) is 2.99. The largest absolute Gasteiger partial charge is 0.324 e. The molecule has 0 aliphatic heterocycles. The third-order valence-corrected chi connectivity index (χ3v) is 4.06. The Bertz CT molecular complexity index is 480. The van der Waals surface area contributed by atoms with E-state index in [2.05, 4.69) is 9.97 Å². The Labute approximate surface area is 103 Å². The molecule has 0 fully saturated rings. The molecule has 2 aromatic rings. The van der Waals surface area contributed by atoms with Crippen molar-refractivity contribution in [2.45, 2.75) is 29.3 Å². The first kappa shape index (κ1) is 11.6. The van der Waals surface area contributed by atoms with Crippen LogP contribution in [-0.4, -0.2) is 9.97 Å². The lowest BCUT2D eigenvalue weighted by atomic mass is 10.1. The lowest BCUT2D eigenvalue weighted by Gasteiger charge is -2.05. The molecular formula is C11H13N3S2. The van der Waals surface area contributed by atoms with Crippen LogP contribution in [0.5, 0.6) is 0 Å². The van der Waals surface area contributed by atoms with Gasteiger partial charge in [0.2, 0.25) is 0 Å². The van der Waals surface area contributed by atoms with Gasteiger partial charge in [-0.1, -0.05) is 0 Å². The third kappa shape index (κ3) is 2.81. The van der Waals surface area contributed by atoms with Crippen molar-refractivity contribution in [3.8, 4) is 0 Å². The van der Waals surface area contributed by atoms with Gasteiger partial charge in [-0.05, 0) is 43.3 Å². The predicted molar refractivity (Wildman–Crippen MR) is 67.8 cm³/mol. The zero-order valence-electron chi connectivity index (χ0n) is 9.18. The Balaban J connectivity index is 2.18. The summed E-state index contributed by atoms with van der Waals surface area (Å²) in [6.45, 7) is 3.96. The number of aromatic nitrogens is 2. The first-order chi connectivity index (χ1) is 7.65. The second-order valence-corrected chi connectivity index (χ2v) is 5.70. The lowest BCUT2D eigenvalue weighted by molar-refractivity contribution is 0.808. The summed E-state index contributed by atoms with van der Waals surface area (Å²) in [7, 11) is 0. The molecule has 0 bridgehead atoms. The molecule has 2 rings (SSSR count). The summed E-state index contributed by atoms with van der Waals surface area (Å²) in [6, 6.07) is 4.01. The standard InChI is InChI=1S/C11H13N3S2/c1-7-6-15-11(14-7)16-10-5-9(8(2)12)3-4-13-10/h3-6,8H,12H2,1-2H3/t8-/m1/s1. The molecule has 0 saturated carbocycles. The second-order valence-electron chi connectivity index (χ2n) is 3.57. The molecule has 0 amide bonds. The van der Waals surface area contributed by atoms with Gasteiger partial charge < -0.3 is 5.73 Å². The van der Waals surface area contributed by atoms with Gasteiger partial charge >= 0.3 is 0 Å². The van der Waals surface area contributed by atoms with Crippen LogP contribution >= 0.6 is 23.1 Å². The Hall–Kier alpha value is -0.910. The van der Waals surface area contributed by atoms with E-state index >= 15 is 0 Å². The van der Waals surface area contributed by atoms with Crippen molar-refractivity contribution < 1.29 is 0 Å². The van der Waals surface area contributed by atoms with Gasteiger partial charge in [-0.3, -0.25) is 0 Å². The highest BCUT2D eigenvalue weighted by Crippen LogP contribution is 2.29. The molecule has 2 N–H and O–H groups in total. The predicted octanol–water partition coefficient (Wildman–Crippen LogP) is 3.02. The summed E-state index contributed by atoms with van der Waals surface area (Å²) < 4.78 is 1.02. The third-order valence-electron chi connectivity index (χ3n) is 2.07. The molecule has 2 heterocycles. The fourth-order valence-corrected chi connectivity index (χ4v) is 3.02. The molecular weight excluding hydrogens is 238 g/mol. The van der Waals surface area contributed by atoms with Crippen LogP contribution in [0.1, 0.15) is 24.2 Å². The minimum Gasteiger partial charge on any atom is -0.324 e. The zero-order chi connectivity index (χ0) is 11.5. The minimum absolute atomic E-state index is 0.0420. The van der Waals surface area contributed by atoms with E-state index in [0.717, 1.165) is 20.6 Å². The molecule has 0 saturated heterocycles. The summed E-state index contributed by atoms with van der Waals surface area (Å²) >= 11 is 3.22. The van der Waals surface area contributed by atoms with E-state index in [0.29, 0.717) is 0 Å². The maximum Gasteiger partial charge on any atom is 0.156 e. The Morgan fingerprint density at radius 2 is 2.31 bits per heavy atom. The molecule has 0 aliphatic carbocycles. The average Bonchev–Trinajstić information content (AvgIpc) is 2.64. The molecule has 3 nitrogen and oxygen atoms in total. The SMILES string of the molecule is Cc1csc(Sc2cc([C@@H](C)N)ccn2)n1. The van der Waals surface area contributed by atoms with Gasteiger partial charge in [-0.25, -0.2) is 9.97 Å². The van der Waals surface area contributed by atoms with Crippen molar-refractivity contribution in [1.29, 1.82) is 0 Å². The Morgan fingerprint density at radius 3 is 2.94 bits per heavy atom. The molecule has 16 heavy (non-hydrogen) atoms. The first-order valence-electron chi connectivity index (χ1n) is 4.96. The van der Waals surface area contributed by atoms with E-state index < -0.39 is 0 Å². The monoisotopic (exact) mass is 251 g/mol. The number of hydrogen-bond acceptors (Lipinski definition) is 5. The van der Waals surface area contributed by atoms with E-state index in [1.807, 2.05) is 31.4 Å². The molecule has 0 radical (unpaired) electrons. The van der Waals surface area contributed by atoms with Crippen LogP contribution in [-0.2, 0) is 0 Å². The van der Waals surface area contributed by atoms with Gasteiger partial charge in [0.15, 0.2) is 4.34 Å². The van der Waals surface area contributed by atoms with Gasteiger partial charge in [0, 0.05) is 23.3 Å². The van der Waals surface area contributed by atoms with Gasteiger partial charge in [-0.15, -0.1) is 11.3 Å². The lowest BCUT2D eigenvalue weighted by Crippen LogP contribution is -2.04. The molecule has 84 valence electrons. The maximum atomic E-state index is 5.83. The summed E-state index contributed by atoms with van der Waals surface area (Å²) in [5.41, 5.74) is 7.98. The summed E-state index contributed by atoms with van der Waals surface area (Å²) in [6.07, 6.45) is 1.79.